The highest BCUT2D eigenvalue weighted by atomic mass is 19.5. The van der Waals surface area contributed by atoms with E-state index in [-0.39, 0.29) is 0 Å². The van der Waals surface area contributed by atoms with Crippen molar-refractivity contribution >= 4 is 7.25 Å². The minimum Gasteiger partial charge on any atom is -0.418 e. The molecule has 15 heavy (non-hydrogen) atoms. The molecular weight excluding hydrogens is 211 g/mol. The van der Waals surface area contributed by atoms with Gasteiger partial charge in [-0.05, 0) is 12.0 Å². The second kappa shape index (κ2) is 5.73. The molecule has 0 amide bonds. The third-order valence-corrected chi connectivity index (χ3v) is 1.51. The van der Waals surface area contributed by atoms with Crippen LogP contribution in [-0.2, 0) is 6.42 Å². The van der Waals surface area contributed by atoms with Crippen molar-refractivity contribution in [3.05, 3.63) is 29.2 Å². The molecule has 1 nitrogen and oxygen atoms in total. The van der Waals surface area contributed by atoms with Crippen LogP contribution in [0.15, 0.2) is 16.5 Å². The van der Waals surface area contributed by atoms with Crippen LogP contribution >= 0.6 is 0 Å². The first kappa shape index (κ1) is 13.9. The second-order valence-corrected chi connectivity index (χ2v) is 3.04. The first-order chi connectivity index (χ1) is 6.72. The summed E-state index contributed by atoms with van der Waals surface area (Å²) in [4.78, 5) is 0. The summed E-state index contributed by atoms with van der Waals surface area (Å²) in [6, 6.07) is 4.15. The van der Waals surface area contributed by atoms with Crippen LogP contribution in [-0.4, -0.2) is 7.25 Å². The Bertz CT molecular complexity index is 285. The molecule has 6 heteroatoms. The fraction of sp³-hybridized carbons (Fsp3) is 0.444. The molecule has 0 aromatic carbocycles. The largest absolute Gasteiger partial charge is 0.673 e. The molecule has 0 unspecified atom stereocenters. The van der Waals surface area contributed by atoms with E-state index in [1.807, 2.05) is 13.8 Å². The average molecular weight is 224 g/mol. The van der Waals surface area contributed by atoms with Gasteiger partial charge in [0.1, 0.15) is 0 Å². The predicted octanol–water partition coefficient (Wildman–Crippen LogP) is 4.04. The lowest BCUT2D eigenvalue weighted by Gasteiger charge is -1.94. The molecule has 0 saturated carbocycles. The average Bonchev–Trinajstić information content (AvgIpc) is 1.99. The van der Waals surface area contributed by atoms with Crippen molar-refractivity contribution in [1.82, 2.24) is 0 Å². The van der Waals surface area contributed by atoms with Crippen molar-refractivity contribution < 1.29 is 21.7 Å². The van der Waals surface area contributed by atoms with Gasteiger partial charge in [0.25, 0.3) is 0 Å². The molecule has 0 N–H and O–H groups in total. The van der Waals surface area contributed by atoms with E-state index in [2.05, 4.69) is 19.1 Å². The van der Waals surface area contributed by atoms with Crippen LogP contribution in [0.25, 0.3) is 0 Å². The number of halogens is 4. The van der Waals surface area contributed by atoms with Gasteiger partial charge in [0.05, 0.1) is 13.8 Å². The van der Waals surface area contributed by atoms with Gasteiger partial charge < -0.3 is 17.3 Å². The minimum atomic E-state index is -6.00. The number of hydrogen-bond donors (Lipinski definition) is 0. The Morgan fingerprint density at radius 3 is 1.67 bits per heavy atom. The summed E-state index contributed by atoms with van der Waals surface area (Å²) in [5.41, 5.74) is 1.35. The van der Waals surface area contributed by atoms with E-state index in [1.54, 1.807) is 0 Å². The first-order valence-corrected chi connectivity index (χ1v) is 4.50. The van der Waals surface area contributed by atoms with Crippen molar-refractivity contribution in [3.8, 4) is 0 Å². The predicted molar refractivity (Wildman–Crippen MR) is 52.2 cm³/mol. The van der Waals surface area contributed by atoms with Crippen LogP contribution in [0.3, 0.4) is 0 Å². The minimum absolute atomic E-state index is 0.997. The van der Waals surface area contributed by atoms with E-state index >= 15 is 0 Å². The third-order valence-electron chi connectivity index (χ3n) is 1.51. The van der Waals surface area contributed by atoms with Gasteiger partial charge >= 0.3 is 18.8 Å². The van der Waals surface area contributed by atoms with Crippen molar-refractivity contribution in [2.24, 2.45) is 0 Å². The molecule has 86 valence electrons. The van der Waals surface area contributed by atoms with Crippen LogP contribution < -0.4 is 0 Å². The molecule has 1 heterocycles. The Morgan fingerprint density at radius 2 is 1.40 bits per heavy atom. The summed E-state index contributed by atoms with van der Waals surface area (Å²) in [5, 5.41) is 0. The van der Waals surface area contributed by atoms with Gasteiger partial charge in [-0.2, -0.15) is 0 Å². The molecule has 1 rings (SSSR count). The fourth-order valence-corrected chi connectivity index (χ4v) is 1.08. The highest BCUT2D eigenvalue weighted by Crippen LogP contribution is 2.08. The molecule has 1 aromatic rings. The lowest BCUT2D eigenvalue weighted by molar-refractivity contribution is 0.368. The number of rotatable bonds is 1. The van der Waals surface area contributed by atoms with E-state index in [4.69, 9.17) is 4.42 Å². The molecule has 0 bridgehead atoms. The lowest BCUT2D eigenvalue weighted by atomic mass is 10.2. The van der Waals surface area contributed by atoms with E-state index in [0.29, 0.717) is 0 Å². The van der Waals surface area contributed by atoms with Gasteiger partial charge in [-0.25, -0.2) is 4.42 Å². The Balaban J connectivity index is 0.000000336. The van der Waals surface area contributed by atoms with Crippen LogP contribution in [0.2, 0.25) is 0 Å². The van der Waals surface area contributed by atoms with Crippen molar-refractivity contribution in [1.29, 1.82) is 0 Å². The Hall–Kier alpha value is -1.07. The molecule has 0 atom stereocenters. The first-order valence-electron chi connectivity index (χ1n) is 4.50. The quantitative estimate of drug-likeness (QED) is 0.398. The van der Waals surface area contributed by atoms with Crippen LogP contribution in [0.1, 0.15) is 24.0 Å². The summed E-state index contributed by atoms with van der Waals surface area (Å²) in [5.74, 6) is 1.99. The number of aryl methyl sites for hydroxylation is 3. The monoisotopic (exact) mass is 224 g/mol. The van der Waals surface area contributed by atoms with E-state index in [1.165, 1.54) is 5.56 Å². The zero-order valence-electron chi connectivity index (χ0n) is 8.86. The van der Waals surface area contributed by atoms with Gasteiger partial charge in [-0.3, -0.25) is 0 Å². The number of hydrogen-bond acceptors (Lipinski definition) is 0. The summed E-state index contributed by atoms with van der Waals surface area (Å²) in [6.07, 6.45) is 1.08. The van der Waals surface area contributed by atoms with Crippen molar-refractivity contribution in [2.45, 2.75) is 27.2 Å². The molecular formula is C9H13BF4O. The van der Waals surface area contributed by atoms with Gasteiger partial charge in [0.15, 0.2) is 0 Å². The maximum Gasteiger partial charge on any atom is 0.673 e. The van der Waals surface area contributed by atoms with E-state index in [0.717, 1.165) is 17.9 Å². The maximum atomic E-state index is 9.75. The SMILES string of the molecule is CCc1cc(C)[o+]c(C)c1.F[B-](F)(F)F. The Labute approximate surface area is 86.2 Å². The topological polar surface area (TPSA) is 11.3 Å². The molecule has 0 aliphatic rings. The highest BCUT2D eigenvalue weighted by molar-refractivity contribution is 6.50. The molecule has 0 fully saturated rings. The van der Waals surface area contributed by atoms with Gasteiger partial charge in [-0.1, -0.05) is 6.92 Å². The van der Waals surface area contributed by atoms with Crippen LogP contribution in [0, 0.1) is 13.8 Å². The lowest BCUT2D eigenvalue weighted by Crippen LogP contribution is -2.02. The third kappa shape index (κ3) is 9.24. The zero-order valence-corrected chi connectivity index (χ0v) is 8.86. The summed E-state index contributed by atoms with van der Waals surface area (Å²) in [6.45, 7) is 6.10. The van der Waals surface area contributed by atoms with E-state index < -0.39 is 7.25 Å². The van der Waals surface area contributed by atoms with Gasteiger partial charge in [0.2, 0.25) is 0 Å². The Morgan fingerprint density at radius 1 is 1.07 bits per heavy atom. The summed E-state index contributed by atoms with van der Waals surface area (Å²) >= 11 is 0. The van der Waals surface area contributed by atoms with Crippen molar-refractivity contribution in [2.75, 3.05) is 0 Å². The van der Waals surface area contributed by atoms with Crippen LogP contribution in [0.5, 0.6) is 0 Å². The summed E-state index contributed by atoms with van der Waals surface area (Å²) in [7, 11) is -6.00. The second-order valence-electron chi connectivity index (χ2n) is 3.04. The van der Waals surface area contributed by atoms with E-state index in [9.17, 15) is 17.3 Å². The molecule has 0 saturated heterocycles. The van der Waals surface area contributed by atoms with Crippen LogP contribution in [0.4, 0.5) is 17.3 Å². The fourth-order valence-electron chi connectivity index (χ4n) is 1.08. The standard InChI is InChI=1S/C9H13O.BF4/c1-4-9-5-7(2)10-8(3)6-9;2-1(3,4)5/h5-6H,4H2,1-3H3;/q+1;-1. The molecule has 0 aliphatic carbocycles. The van der Waals surface area contributed by atoms with Gasteiger partial charge in [-0.15, -0.1) is 0 Å². The Kier molecular flexibility index (Phi) is 5.32. The molecule has 0 spiro atoms. The molecule has 0 aliphatic heterocycles. The zero-order chi connectivity index (χ0) is 12.1. The van der Waals surface area contributed by atoms with Gasteiger partial charge in [0, 0.05) is 12.1 Å². The maximum absolute atomic E-state index is 9.75. The molecule has 0 radical (unpaired) electrons. The smallest absolute Gasteiger partial charge is 0.418 e. The summed E-state index contributed by atoms with van der Waals surface area (Å²) < 4.78 is 44.3. The normalized spacial score (nSPS) is 10.6. The highest BCUT2D eigenvalue weighted by Gasteiger charge is 2.20. The molecule has 1 aromatic heterocycles. The van der Waals surface area contributed by atoms with Crippen molar-refractivity contribution in [3.63, 3.8) is 0 Å².